The summed E-state index contributed by atoms with van der Waals surface area (Å²) in [5.74, 6) is 0.106. The van der Waals surface area contributed by atoms with Crippen molar-refractivity contribution >= 4 is 27.9 Å². The van der Waals surface area contributed by atoms with Crippen LogP contribution in [0.5, 0.6) is 0 Å². The number of nitrogens with one attached hydrogen (secondary N) is 2. The molecule has 0 saturated heterocycles. The van der Waals surface area contributed by atoms with Crippen LogP contribution in [-0.2, 0) is 25.7 Å². The van der Waals surface area contributed by atoms with E-state index in [0.29, 0.717) is 18.4 Å². The largest absolute Gasteiger partial charge is 0.355 e. The molecule has 1 atom stereocenters. The van der Waals surface area contributed by atoms with Gasteiger partial charge in [0.15, 0.2) is 5.78 Å². The molecular formula is C26H29N5O. The van der Waals surface area contributed by atoms with Crippen LogP contribution >= 0.6 is 0 Å². The molecule has 4 N–H and O–H groups in total. The number of fused-ring (bicyclic) bond motifs is 8. The molecule has 0 radical (unpaired) electrons. The number of carbonyl (C=O) groups excluding carboxylic acids is 1. The number of carbonyl (C=O) groups is 1. The summed E-state index contributed by atoms with van der Waals surface area (Å²) in [5, 5.41) is 0. The fourth-order valence-corrected chi connectivity index (χ4v) is 4.47. The van der Waals surface area contributed by atoms with E-state index in [2.05, 4.69) is 47.2 Å². The maximum atomic E-state index is 13.3. The molecule has 6 nitrogen and oxygen atoms in total. The average Bonchev–Trinajstić information content (AvgIpc) is 3.57. The van der Waals surface area contributed by atoms with Gasteiger partial charge in [-0.15, -0.1) is 0 Å². The Morgan fingerprint density at radius 1 is 0.906 bits per heavy atom. The first-order valence-corrected chi connectivity index (χ1v) is 11.5. The first kappa shape index (κ1) is 20.6. The number of ketones is 1. The Kier molecular flexibility index (Phi) is 5.62. The molecule has 6 heteroatoms. The van der Waals surface area contributed by atoms with Gasteiger partial charge in [0.2, 0.25) is 0 Å². The van der Waals surface area contributed by atoms with Crippen LogP contribution in [0.4, 0.5) is 0 Å². The predicted molar refractivity (Wildman–Crippen MR) is 128 cm³/mol. The van der Waals surface area contributed by atoms with Crippen LogP contribution in [0, 0.1) is 0 Å². The summed E-state index contributed by atoms with van der Waals surface area (Å²) in [7, 11) is 0. The molecule has 5 heterocycles. The molecule has 0 fully saturated rings. The maximum Gasteiger partial charge on any atom is 0.166 e. The number of aromatic amines is 2. The molecule has 3 aromatic heterocycles. The maximum absolute atomic E-state index is 13.3. The highest BCUT2D eigenvalue weighted by Crippen LogP contribution is 2.22. The van der Waals surface area contributed by atoms with Crippen LogP contribution in [-0.4, -0.2) is 31.8 Å². The van der Waals surface area contributed by atoms with Gasteiger partial charge in [-0.05, 0) is 81.0 Å². The van der Waals surface area contributed by atoms with E-state index < -0.39 is 0 Å². The number of nitrogens with two attached hydrogens (primary N) is 1. The Bertz CT molecular complexity index is 1320. The predicted octanol–water partition coefficient (Wildman–Crippen LogP) is 4.59. The molecule has 3 aromatic rings. The Morgan fingerprint density at radius 2 is 1.50 bits per heavy atom. The molecule has 32 heavy (non-hydrogen) atoms. The Morgan fingerprint density at radius 3 is 2.19 bits per heavy atom. The number of Topliss-reactive ketones (excluding diaryl/α,β-unsaturated/α-hetero) is 1. The van der Waals surface area contributed by atoms with Gasteiger partial charge in [0.25, 0.3) is 0 Å². The molecule has 5 rings (SSSR count). The quantitative estimate of drug-likeness (QED) is 0.519. The smallest absolute Gasteiger partial charge is 0.166 e. The topological polar surface area (TPSA) is 100 Å². The number of aromatic nitrogens is 4. The summed E-state index contributed by atoms with van der Waals surface area (Å²) in [6, 6.07) is 14.5. The van der Waals surface area contributed by atoms with Gasteiger partial charge in [0.1, 0.15) is 0 Å². The molecular weight excluding hydrogens is 398 g/mol. The summed E-state index contributed by atoms with van der Waals surface area (Å²) in [5.41, 5.74) is 14.6. The van der Waals surface area contributed by atoms with E-state index in [0.717, 1.165) is 76.9 Å². The van der Waals surface area contributed by atoms with Gasteiger partial charge in [-0.3, -0.25) is 14.8 Å². The highest BCUT2D eigenvalue weighted by Gasteiger charge is 2.19. The summed E-state index contributed by atoms with van der Waals surface area (Å²) in [4.78, 5) is 29.9. The third kappa shape index (κ3) is 4.36. The van der Waals surface area contributed by atoms with Crippen molar-refractivity contribution in [2.24, 2.45) is 5.73 Å². The van der Waals surface area contributed by atoms with E-state index in [4.69, 9.17) is 15.7 Å². The zero-order valence-corrected chi connectivity index (χ0v) is 18.4. The molecule has 0 saturated carbocycles. The third-order valence-corrected chi connectivity index (χ3v) is 6.33. The van der Waals surface area contributed by atoms with Crippen molar-refractivity contribution in [2.75, 3.05) is 0 Å². The van der Waals surface area contributed by atoms with E-state index in [1.807, 2.05) is 12.1 Å². The van der Waals surface area contributed by atoms with Crippen molar-refractivity contribution in [2.45, 2.75) is 57.9 Å². The first-order valence-electron chi connectivity index (χ1n) is 11.5. The Balaban J connectivity index is 1.72. The number of aryl methyl sites for hydroxylation is 4. The fraction of sp³-hybridized carbons (Fsp3) is 0.346. The van der Waals surface area contributed by atoms with Crippen molar-refractivity contribution in [1.29, 1.82) is 0 Å². The van der Waals surface area contributed by atoms with Crippen LogP contribution in [0.15, 0.2) is 42.5 Å². The van der Waals surface area contributed by atoms with Gasteiger partial charge in [-0.2, -0.15) is 0 Å². The SMILES string of the molecule is CCC(N)CCC(=O)c1c2nc(cc3ccc(cc4nc(cc5ccc1[nH]5)CC4)[nH]3)CC2. The van der Waals surface area contributed by atoms with Gasteiger partial charge in [-0.1, -0.05) is 6.92 Å². The van der Waals surface area contributed by atoms with Crippen molar-refractivity contribution < 1.29 is 4.79 Å². The summed E-state index contributed by atoms with van der Waals surface area (Å²) in [6.45, 7) is 2.05. The van der Waals surface area contributed by atoms with E-state index >= 15 is 0 Å². The summed E-state index contributed by atoms with van der Waals surface area (Å²) < 4.78 is 0. The van der Waals surface area contributed by atoms with E-state index in [1.165, 1.54) is 0 Å². The minimum atomic E-state index is 0.0453. The van der Waals surface area contributed by atoms with Gasteiger partial charge in [-0.25, -0.2) is 0 Å². The lowest BCUT2D eigenvalue weighted by atomic mass is 10.00. The van der Waals surface area contributed by atoms with Gasteiger partial charge >= 0.3 is 0 Å². The van der Waals surface area contributed by atoms with Crippen LogP contribution in [0.3, 0.4) is 0 Å². The molecule has 2 aliphatic heterocycles. The number of hydrogen-bond acceptors (Lipinski definition) is 4. The van der Waals surface area contributed by atoms with E-state index in [1.54, 1.807) is 0 Å². The molecule has 0 aliphatic carbocycles. The highest BCUT2D eigenvalue weighted by molar-refractivity contribution is 6.03. The van der Waals surface area contributed by atoms with E-state index in [9.17, 15) is 4.79 Å². The minimum absolute atomic E-state index is 0.0453. The average molecular weight is 428 g/mol. The summed E-state index contributed by atoms with van der Waals surface area (Å²) >= 11 is 0. The van der Waals surface area contributed by atoms with Crippen molar-refractivity contribution in [3.8, 4) is 0 Å². The Hall–Kier alpha value is -3.25. The van der Waals surface area contributed by atoms with Gasteiger partial charge in [0, 0.05) is 46.1 Å². The number of rotatable bonds is 5. The number of H-pyrrole nitrogens is 2. The van der Waals surface area contributed by atoms with Gasteiger partial charge in [0.05, 0.1) is 16.8 Å². The van der Waals surface area contributed by atoms with Crippen LogP contribution < -0.4 is 5.73 Å². The standard InChI is InChI=1S/C26H29N5O/c1-2-16(27)3-12-25(32)26-23-10-8-21(30-23)14-19-6-4-17(28-19)13-18-5-7-20(29-18)15-22-9-11-24(26)31-22/h4,6,9,11,13-16,28,31H,2-3,5,7-8,10,12,27H2,1H3. The van der Waals surface area contributed by atoms with Crippen LogP contribution in [0.2, 0.25) is 0 Å². The fourth-order valence-electron chi connectivity index (χ4n) is 4.47. The lowest BCUT2D eigenvalue weighted by Crippen LogP contribution is -2.20. The molecule has 8 bridgehead atoms. The second-order valence-corrected chi connectivity index (χ2v) is 8.78. The molecule has 0 spiro atoms. The zero-order valence-electron chi connectivity index (χ0n) is 18.4. The molecule has 0 amide bonds. The minimum Gasteiger partial charge on any atom is -0.355 e. The third-order valence-electron chi connectivity index (χ3n) is 6.33. The van der Waals surface area contributed by atoms with Gasteiger partial charge < -0.3 is 15.7 Å². The second-order valence-electron chi connectivity index (χ2n) is 8.78. The molecule has 0 aromatic carbocycles. The van der Waals surface area contributed by atoms with Crippen molar-refractivity contribution in [3.05, 3.63) is 70.8 Å². The Labute approximate surface area is 187 Å². The normalized spacial score (nSPS) is 14.4. The highest BCUT2D eigenvalue weighted by atomic mass is 16.1. The zero-order chi connectivity index (χ0) is 22.1. The molecule has 164 valence electrons. The molecule has 1 unspecified atom stereocenters. The second kappa shape index (κ2) is 8.71. The summed E-state index contributed by atoms with van der Waals surface area (Å²) in [6.07, 6.45) is 5.41. The monoisotopic (exact) mass is 427 g/mol. The van der Waals surface area contributed by atoms with Crippen LogP contribution in [0.25, 0.3) is 22.1 Å². The van der Waals surface area contributed by atoms with E-state index in [-0.39, 0.29) is 11.8 Å². The lowest BCUT2D eigenvalue weighted by Gasteiger charge is -2.08. The van der Waals surface area contributed by atoms with Crippen molar-refractivity contribution in [1.82, 2.24) is 19.9 Å². The number of hydrogen-bond donors (Lipinski definition) is 3. The van der Waals surface area contributed by atoms with Crippen LogP contribution in [0.1, 0.15) is 59.3 Å². The lowest BCUT2D eigenvalue weighted by molar-refractivity contribution is 0.0977. The number of nitrogens with zero attached hydrogens (tertiary/aromatic N) is 2. The molecule has 2 aliphatic rings. The first-order chi connectivity index (χ1) is 15.6. The van der Waals surface area contributed by atoms with Crippen molar-refractivity contribution in [3.63, 3.8) is 0 Å².